The molecule has 0 aliphatic heterocycles. The molecule has 0 aliphatic carbocycles. The van der Waals surface area contributed by atoms with Crippen LogP contribution in [0, 0.1) is 11.8 Å². The lowest BCUT2D eigenvalue weighted by atomic mass is 9.94. The van der Waals surface area contributed by atoms with Crippen molar-refractivity contribution in [3.63, 3.8) is 0 Å². The topological polar surface area (TPSA) is 41.8 Å². The summed E-state index contributed by atoms with van der Waals surface area (Å²) >= 11 is 0. The van der Waals surface area contributed by atoms with Gasteiger partial charge in [0, 0.05) is 12.6 Å². The third-order valence-corrected chi connectivity index (χ3v) is 4.09. The van der Waals surface area contributed by atoms with Gasteiger partial charge in [-0.1, -0.05) is 40.2 Å². The molecule has 0 aromatic carbocycles. The Morgan fingerprint density at radius 2 is 1.82 bits per heavy atom. The van der Waals surface area contributed by atoms with Gasteiger partial charge in [0.1, 0.15) is 6.10 Å². The maximum Gasteiger partial charge on any atom is 0.214 e. The number of nitrogens with zero attached hydrogens (tertiary/aromatic N) is 1. The van der Waals surface area contributed by atoms with Gasteiger partial charge in [-0.25, -0.2) is 0 Å². The Hall–Kier alpha value is -0.830. The number of hydrogen-bond donors (Lipinski definition) is 1. The maximum atomic E-state index is 10.3. The van der Waals surface area contributed by atoms with Crippen LogP contribution in [-0.4, -0.2) is 29.8 Å². The molecule has 0 aromatic rings. The van der Waals surface area contributed by atoms with Gasteiger partial charge in [-0.2, -0.15) is 0 Å². The van der Waals surface area contributed by atoms with Crippen molar-refractivity contribution in [2.24, 2.45) is 16.8 Å². The molecule has 0 fully saturated rings. The molecule has 0 saturated heterocycles. The Bertz CT molecular complexity index is 364. The molecule has 3 heteroatoms. The Morgan fingerprint density at radius 3 is 2.18 bits per heavy atom. The van der Waals surface area contributed by atoms with E-state index in [-0.39, 0.29) is 6.10 Å². The lowest BCUT2D eigenvalue weighted by Crippen LogP contribution is -2.32. The van der Waals surface area contributed by atoms with Crippen LogP contribution in [0.25, 0.3) is 0 Å². The lowest BCUT2D eigenvalue weighted by Gasteiger charge is -2.28. The molecule has 0 rings (SSSR count). The molecule has 2 atom stereocenters. The molecule has 0 radical (unpaired) electrons. The van der Waals surface area contributed by atoms with E-state index in [1.807, 2.05) is 13.0 Å². The molecule has 0 spiro atoms. The quantitative estimate of drug-likeness (QED) is 0.481. The molecule has 1 N–H and O–H groups in total. The fourth-order valence-electron chi connectivity index (χ4n) is 2.49. The molecule has 22 heavy (non-hydrogen) atoms. The fraction of sp³-hybridized carbons (Fsp3) is 0.842. The van der Waals surface area contributed by atoms with E-state index < -0.39 is 5.60 Å². The largest absolute Gasteiger partial charge is 0.474 e. The van der Waals surface area contributed by atoms with Crippen molar-refractivity contribution in [1.29, 1.82) is 0 Å². The average molecular weight is 312 g/mol. The predicted molar refractivity (Wildman–Crippen MR) is 96.4 cm³/mol. The van der Waals surface area contributed by atoms with Crippen molar-refractivity contribution in [3.8, 4) is 0 Å². The number of aliphatic imine (C=N–C) groups is 1. The second-order valence-corrected chi connectivity index (χ2v) is 7.25. The van der Waals surface area contributed by atoms with Crippen LogP contribution < -0.4 is 0 Å². The summed E-state index contributed by atoms with van der Waals surface area (Å²) in [6.07, 6.45) is 6.42. The van der Waals surface area contributed by atoms with Gasteiger partial charge in [0.15, 0.2) is 0 Å². The highest BCUT2D eigenvalue weighted by molar-refractivity contribution is 5.95. The lowest BCUT2D eigenvalue weighted by molar-refractivity contribution is 0.107. The number of aliphatic hydroxyl groups is 1. The van der Waals surface area contributed by atoms with Crippen LogP contribution in [-0.2, 0) is 4.74 Å². The Kier molecular flexibility index (Phi) is 9.66. The van der Waals surface area contributed by atoms with E-state index in [4.69, 9.17) is 4.74 Å². The highest BCUT2D eigenvalue weighted by Crippen LogP contribution is 2.23. The van der Waals surface area contributed by atoms with E-state index in [1.54, 1.807) is 20.9 Å². The first-order valence-electron chi connectivity index (χ1n) is 8.68. The molecule has 0 aromatic heterocycles. The second kappa shape index (κ2) is 10.0. The van der Waals surface area contributed by atoms with E-state index in [9.17, 15) is 5.11 Å². The van der Waals surface area contributed by atoms with Gasteiger partial charge in [-0.05, 0) is 51.9 Å². The van der Waals surface area contributed by atoms with Crippen molar-refractivity contribution in [2.45, 2.75) is 85.9 Å². The van der Waals surface area contributed by atoms with Crippen molar-refractivity contribution in [2.75, 3.05) is 7.05 Å². The first-order chi connectivity index (χ1) is 10.1. The van der Waals surface area contributed by atoms with Gasteiger partial charge in [0.25, 0.3) is 0 Å². The van der Waals surface area contributed by atoms with Gasteiger partial charge in [-0.15, -0.1) is 0 Å². The molecule has 3 nitrogen and oxygen atoms in total. The zero-order valence-electron chi connectivity index (χ0n) is 15.9. The molecule has 0 bridgehead atoms. The second-order valence-electron chi connectivity index (χ2n) is 7.25. The van der Waals surface area contributed by atoms with Crippen LogP contribution in [0.2, 0.25) is 0 Å². The van der Waals surface area contributed by atoms with E-state index in [0.717, 1.165) is 31.3 Å². The van der Waals surface area contributed by atoms with Crippen molar-refractivity contribution in [1.82, 2.24) is 0 Å². The standard InChI is InChI=1S/C19H37NO2/c1-9-15(5)13-16(12-11-14(3)4)22-18(20-8)17(10-2)19(6,7)21/h10,14-16,21H,9,11-13H2,1-8H3. The predicted octanol–water partition coefficient (Wildman–Crippen LogP) is 4.99. The Labute approximate surface area is 137 Å². The minimum Gasteiger partial charge on any atom is -0.474 e. The molecular weight excluding hydrogens is 274 g/mol. The first kappa shape index (κ1) is 21.2. The van der Waals surface area contributed by atoms with Gasteiger partial charge in [0.05, 0.1) is 5.60 Å². The normalized spacial score (nSPS) is 16.8. The van der Waals surface area contributed by atoms with E-state index in [1.165, 1.54) is 0 Å². The summed E-state index contributed by atoms with van der Waals surface area (Å²) in [4.78, 5) is 4.29. The molecular formula is C19H37NO2. The number of allylic oxidation sites excluding steroid dienone is 1. The zero-order valence-corrected chi connectivity index (χ0v) is 15.9. The van der Waals surface area contributed by atoms with Crippen molar-refractivity contribution >= 4 is 5.90 Å². The highest BCUT2D eigenvalue weighted by atomic mass is 16.5. The summed E-state index contributed by atoms with van der Waals surface area (Å²) in [6.45, 7) is 14.4. The summed E-state index contributed by atoms with van der Waals surface area (Å²) in [7, 11) is 1.73. The van der Waals surface area contributed by atoms with Crippen LogP contribution in [0.15, 0.2) is 16.6 Å². The fourth-order valence-corrected chi connectivity index (χ4v) is 2.49. The van der Waals surface area contributed by atoms with Crippen molar-refractivity contribution < 1.29 is 9.84 Å². The SMILES string of the molecule is CC=C(C(=NC)OC(CCC(C)C)CC(C)CC)C(C)(C)O. The summed E-state index contributed by atoms with van der Waals surface area (Å²) in [5.41, 5.74) is -0.184. The molecule has 0 amide bonds. The maximum absolute atomic E-state index is 10.3. The minimum atomic E-state index is -0.942. The summed E-state index contributed by atoms with van der Waals surface area (Å²) < 4.78 is 6.22. The van der Waals surface area contributed by atoms with Crippen molar-refractivity contribution in [3.05, 3.63) is 11.6 Å². The number of ether oxygens (including phenoxy) is 1. The first-order valence-corrected chi connectivity index (χ1v) is 8.68. The molecule has 2 unspecified atom stereocenters. The number of hydrogen-bond acceptors (Lipinski definition) is 3. The van der Waals surface area contributed by atoms with E-state index in [2.05, 4.69) is 32.7 Å². The highest BCUT2D eigenvalue weighted by Gasteiger charge is 2.27. The Balaban J connectivity index is 5.07. The summed E-state index contributed by atoms with van der Waals surface area (Å²) in [5, 5.41) is 10.3. The monoisotopic (exact) mass is 311 g/mol. The van der Waals surface area contributed by atoms with E-state index >= 15 is 0 Å². The zero-order chi connectivity index (χ0) is 17.3. The van der Waals surface area contributed by atoms with Gasteiger partial charge >= 0.3 is 0 Å². The molecule has 0 heterocycles. The summed E-state index contributed by atoms with van der Waals surface area (Å²) in [5.74, 6) is 1.87. The van der Waals surface area contributed by atoms with Crippen LogP contribution in [0.1, 0.15) is 74.1 Å². The van der Waals surface area contributed by atoms with Crippen LogP contribution in [0.3, 0.4) is 0 Å². The summed E-state index contributed by atoms with van der Waals surface area (Å²) in [6, 6.07) is 0. The van der Waals surface area contributed by atoms with Gasteiger partial charge < -0.3 is 9.84 Å². The van der Waals surface area contributed by atoms with Crippen LogP contribution in [0.4, 0.5) is 0 Å². The third kappa shape index (κ3) is 7.98. The third-order valence-electron chi connectivity index (χ3n) is 4.09. The van der Waals surface area contributed by atoms with E-state index in [0.29, 0.717) is 17.7 Å². The smallest absolute Gasteiger partial charge is 0.214 e. The van der Waals surface area contributed by atoms with Crippen LogP contribution in [0.5, 0.6) is 0 Å². The van der Waals surface area contributed by atoms with Crippen LogP contribution >= 0.6 is 0 Å². The minimum absolute atomic E-state index is 0.161. The van der Waals surface area contributed by atoms with Gasteiger partial charge in [-0.3, -0.25) is 4.99 Å². The molecule has 0 saturated carbocycles. The molecule has 0 aliphatic rings. The molecule has 130 valence electrons. The number of rotatable bonds is 9. The van der Waals surface area contributed by atoms with Gasteiger partial charge in [0.2, 0.25) is 5.90 Å². The average Bonchev–Trinajstić information content (AvgIpc) is 2.42. The Morgan fingerprint density at radius 1 is 1.23 bits per heavy atom.